The summed E-state index contributed by atoms with van der Waals surface area (Å²) in [5, 5.41) is 11.9. The van der Waals surface area contributed by atoms with E-state index in [2.05, 4.69) is 5.32 Å². The van der Waals surface area contributed by atoms with Crippen LogP contribution in [0.3, 0.4) is 0 Å². The van der Waals surface area contributed by atoms with Crippen LogP contribution in [0.5, 0.6) is 0 Å². The Bertz CT molecular complexity index is 416. The first-order valence-corrected chi connectivity index (χ1v) is 6.24. The Morgan fingerprint density at radius 2 is 2.11 bits per heavy atom. The topological polar surface area (TPSA) is 75.3 Å². The monoisotopic (exact) mass is 250 g/mol. The number of nitrogens with one attached hydrogen (secondary N) is 1. The van der Waals surface area contributed by atoms with Crippen molar-refractivity contribution in [2.45, 2.75) is 33.2 Å². The number of amides is 1. The lowest BCUT2D eigenvalue weighted by molar-refractivity contribution is 0.0917. The van der Waals surface area contributed by atoms with Crippen LogP contribution in [0.15, 0.2) is 18.2 Å². The Morgan fingerprint density at radius 1 is 1.44 bits per heavy atom. The zero-order valence-electron chi connectivity index (χ0n) is 11.2. The Hall–Kier alpha value is -1.55. The van der Waals surface area contributed by atoms with Gasteiger partial charge in [0.05, 0.1) is 5.56 Å². The van der Waals surface area contributed by atoms with Gasteiger partial charge in [-0.05, 0) is 30.9 Å². The van der Waals surface area contributed by atoms with Crippen LogP contribution < -0.4 is 11.1 Å². The van der Waals surface area contributed by atoms with Gasteiger partial charge in [-0.25, -0.2) is 0 Å². The van der Waals surface area contributed by atoms with Crippen LogP contribution in [-0.4, -0.2) is 23.7 Å². The van der Waals surface area contributed by atoms with E-state index in [0.717, 1.165) is 5.56 Å². The van der Waals surface area contributed by atoms with Gasteiger partial charge < -0.3 is 16.2 Å². The Morgan fingerprint density at radius 3 is 2.67 bits per heavy atom. The number of anilines is 1. The van der Waals surface area contributed by atoms with E-state index in [9.17, 15) is 4.79 Å². The van der Waals surface area contributed by atoms with E-state index >= 15 is 0 Å². The van der Waals surface area contributed by atoms with E-state index in [0.29, 0.717) is 17.7 Å². The summed E-state index contributed by atoms with van der Waals surface area (Å²) < 4.78 is 0. The van der Waals surface area contributed by atoms with Gasteiger partial charge in [-0.3, -0.25) is 4.79 Å². The second kappa shape index (κ2) is 6.40. The van der Waals surface area contributed by atoms with Gasteiger partial charge in [-0.1, -0.05) is 26.0 Å². The molecule has 1 aromatic rings. The van der Waals surface area contributed by atoms with Crippen LogP contribution in [-0.2, 0) is 0 Å². The molecule has 0 fully saturated rings. The fraction of sp³-hybridized carbons (Fsp3) is 0.500. The molecule has 4 nitrogen and oxygen atoms in total. The molecule has 0 spiro atoms. The normalized spacial score (nSPS) is 12.5. The quantitative estimate of drug-likeness (QED) is 0.696. The summed E-state index contributed by atoms with van der Waals surface area (Å²) in [6.45, 7) is 5.96. The minimum absolute atomic E-state index is 0.0394. The van der Waals surface area contributed by atoms with Crippen molar-refractivity contribution in [2.24, 2.45) is 5.92 Å². The minimum Gasteiger partial charge on any atom is -0.398 e. The molecule has 4 heteroatoms. The highest BCUT2D eigenvalue weighted by Crippen LogP contribution is 2.17. The molecule has 0 saturated heterocycles. The number of nitrogen functional groups attached to an aromatic ring is 1. The smallest absolute Gasteiger partial charge is 0.253 e. The third kappa shape index (κ3) is 3.47. The van der Waals surface area contributed by atoms with Crippen LogP contribution in [0.4, 0.5) is 5.69 Å². The maximum atomic E-state index is 12.1. The van der Waals surface area contributed by atoms with E-state index in [1.54, 1.807) is 6.07 Å². The third-order valence-electron chi connectivity index (χ3n) is 3.13. The number of para-hydroxylation sites is 1. The van der Waals surface area contributed by atoms with Crippen LogP contribution >= 0.6 is 0 Å². The third-order valence-corrected chi connectivity index (χ3v) is 3.13. The molecule has 1 aromatic carbocycles. The number of aliphatic hydroxyl groups excluding tert-OH is 1. The highest BCUT2D eigenvalue weighted by molar-refractivity contribution is 5.99. The van der Waals surface area contributed by atoms with Crippen molar-refractivity contribution in [1.82, 2.24) is 5.32 Å². The Labute approximate surface area is 108 Å². The first-order chi connectivity index (χ1) is 8.47. The van der Waals surface area contributed by atoms with Gasteiger partial charge in [0.25, 0.3) is 5.91 Å². The molecule has 18 heavy (non-hydrogen) atoms. The van der Waals surface area contributed by atoms with Crippen molar-refractivity contribution in [1.29, 1.82) is 0 Å². The van der Waals surface area contributed by atoms with Gasteiger partial charge in [0, 0.05) is 18.3 Å². The molecule has 0 saturated carbocycles. The van der Waals surface area contributed by atoms with Crippen LogP contribution in [0.1, 0.15) is 36.2 Å². The second-order valence-corrected chi connectivity index (χ2v) is 4.87. The molecule has 0 heterocycles. The van der Waals surface area contributed by atoms with Crippen molar-refractivity contribution in [3.8, 4) is 0 Å². The summed E-state index contributed by atoms with van der Waals surface area (Å²) in [6.07, 6.45) is 0.551. The zero-order valence-corrected chi connectivity index (χ0v) is 11.2. The van der Waals surface area contributed by atoms with Gasteiger partial charge in [0.1, 0.15) is 0 Å². The largest absolute Gasteiger partial charge is 0.398 e. The second-order valence-electron chi connectivity index (χ2n) is 4.87. The fourth-order valence-electron chi connectivity index (χ4n) is 1.84. The number of carbonyl (C=O) groups excluding carboxylic acids is 1. The first kappa shape index (κ1) is 14.5. The summed E-state index contributed by atoms with van der Waals surface area (Å²) in [5.41, 5.74) is 7.81. The van der Waals surface area contributed by atoms with Crippen molar-refractivity contribution >= 4 is 11.6 Å². The molecule has 0 aromatic heterocycles. The van der Waals surface area contributed by atoms with Gasteiger partial charge in [0.2, 0.25) is 0 Å². The summed E-state index contributed by atoms with van der Waals surface area (Å²) >= 11 is 0. The molecule has 1 atom stereocenters. The summed E-state index contributed by atoms with van der Waals surface area (Å²) in [6, 6.07) is 5.37. The molecule has 0 aliphatic carbocycles. The predicted molar refractivity (Wildman–Crippen MR) is 73.4 cm³/mol. The number of hydrogen-bond acceptors (Lipinski definition) is 3. The number of rotatable bonds is 5. The maximum absolute atomic E-state index is 12.1. The fourth-order valence-corrected chi connectivity index (χ4v) is 1.84. The van der Waals surface area contributed by atoms with Crippen molar-refractivity contribution in [2.75, 3.05) is 12.3 Å². The molecule has 0 aliphatic heterocycles. The summed E-state index contributed by atoms with van der Waals surface area (Å²) in [7, 11) is 0. The SMILES string of the molecule is Cc1cccc(C(=O)NC(CCO)C(C)C)c1N. The zero-order chi connectivity index (χ0) is 13.7. The molecule has 100 valence electrons. The molecule has 0 aliphatic rings. The van der Waals surface area contributed by atoms with E-state index in [4.69, 9.17) is 10.8 Å². The van der Waals surface area contributed by atoms with Crippen LogP contribution in [0, 0.1) is 12.8 Å². The number of aliphatic hydroxyl groups is 1. The predicted octanol–water partition coefficient (Wildman–Crippen LogP) is 1.71. The summed E-state index contributed by atoms with van der Waals surface area (Å²) in [5.74, 6) is 0.0930. The van der Waals surface area contributed by atoms with Crippen molar-refractivity contribution in [3.63, 3.8) is 0 Å². The lowest BCUT2D eigenvalue weighted by atomic mass is 10.00. The summed E-state index contributed by atoms with van der Waals surface area (Å²) in [4.78, 5) is 12.1. The van der Waals surface area contributed by atoms with Crippen LogP contribution in [0.25, 0.3) is 0 Å². The number of hydrogen-bond donors (Lipinski definition) is 3. The van der Waals surface area contributed by atoms with E-state index in [1.807, 2.05) is 32.9 Å². The lowest BCUT2D eigenvalue weighted by Gasteiger charge is -2.22. The molecule has 1 amide bonds. The highest BCUT2D eigenvalue weighted by atomic mass is 16.3. The number of benzene rings is 1. The molecule has 1 rings (SSSR count). The van der Waals surface area contributed by atoms with E-state index in [-0.39, 0.29) is 24.5 Å². The maximum Gasteiger partial charge on any atom is 0.253 e. The lowest BCUT2D eigenvalue weighted by Crippen LogP contribution is -2.39. The van der Waals surface area contributed by atoms with Crippen molar-refractivity contribution < 1.29 is 9.90 Å². The number of nitrogens with two attached hydrogens (primary N) is 1. The highest BCUT2D eigenvalue weighted by Gasteiger charge is 2.18. The average Bonchev–Trinajstić information content (AvgIpc) is 2.31. The van der Waals surface area contributed by atoms with Gasteiger partial charge in [-0.2, -0.15) is 0 Å². The van der Waals surface area contributed by atoms with Crippen molar-refractivity contribution in [3.05, 3.63) is 29.3 Å². The van der Waals surface area contributed by atoms with Crippen LogP contribution in [0.2, 0.25) is 0 Å². The van der Waals surface area contributed by atoms with E-state index in [1.165, 1.54) is 0 Å². The van der Waals surface area contributed by atoms with Gasteiger partial charge >= 0.3 is 0 Å². The number of aryl methyl sites for hydroxylation is 1. The standard InChI is InChI=1S/C14H22N2O2/c1-9(2)12(7-8-17)16-14(18)11-6-4-5-10(3)13(11)15/h4-6,9,12,17H,7-8,15H2,1-3H3,(H,16,18). The van der Waals surface area contributed by atoms with Gasteiger partial charge in [-0.15, -0.1) is 0 Å². The molecular formula is C14H22N2O2. The Kier molecular flexibility index (Phi) is 5.16. The average molecular weight is 250 g/mol. The molecule has 0 bridgehead atoms. The molecule has 4 N–H and O–H groups in total. The number of carbonyl (C=O) groups is 1. The first-order valence-electron chi connectivity index (χ1n) is 6.24. The molecule has 0 radical (unpaired) electrons. The van der Waals surface area contributed by atoms with Gasteiger partial charge in [0.15, 0.2) is 0 Å². The Balaban J connectivity index is 2.84. The van der Waals surface area contributed by atoms with E-state index < -0.39 is 0 Å². The molecular weight excluding hydrogens is 228 g/mol. The molecule has 1 unspecified atom stereocenters. The minimum atomic E-state index is -0.177.